The highest BCUT2D eigenvalue weighted by atomic mass is 32.2. The van der Waals surface area contributed by atoms with Crippen molar-refractivity contribution in [2.45, 2.75) is 19.8 Å². The molecule has 19 heavy (non-hydrogen) atoms. The lowest BCUT2D eigenvalue weighted by molar-refractivity contribution is 0.142. The van der Waals surface area contributed by atoms with Crippen molar-refractivity contribution in [1.29, 1.82) is 0 Å². The van der Waals surface area contributed by atoms with Crippen LogP contribution < -0.4 is 10.0 Å². The molecule has 0 aromatic carbocycles. The molecule has 2 aliphatic heterocycles. The van der Waals surface area contributed by atoms with Crippen molar-refractivity contribution in [3.05, 3.63) is 0 Å². The summed E-state index contributed by atoms with van der Waals surface area (Å²) >= 11 is 0. The first-order chi connectivity index (χ1) is 8.91. The average Bonchev–Trinajstić information content (AvgIpc) is 2.42. The summed E-state index contributed by atoms with van der Waals surface area (Å²) in [4.78, 5) is 2.30. The molecule has 0 aliphatic carbocycles. The van der Waals surface area contributed by atoms with E-state index >= 15 is 0 Å². The summed E-state index contributed by atoms with van der Waals surface area (Å²) in [5.74, 6) is 0. The lowest BCUT2D eigenvalue weighted by atomic mass is 9.81. The number of nitrogens with one attached hydrogen (secondary N) is 2. The van der Waals surface area contributed by atoms with Crippen molar-refractivity contribution in [2.75, 3.05) is 52.9 Å². The fourth-order valence-electron chi connectivity index (χ4n) is 2.58. The first-order valence-corrected chi connectivity index (χ1v) is 8.49. The molecule has 0 bridgehead atoms. The highest BCUT2D eigenvalue weighted by Gasteiger charge is 2.32. The maximum Gasteiger partial charge on any atom is 0.279 e. The Kier molecular flexibility index (Phi) is 4.84. The van der Waals surface area contributed by atoms with Crippen LogP contribution in [0.4, 0.5) is 0 Å². The third-order valence-electron chi connectivity index (χ3n) is 4.29. The minimum atomic E-state index is -3.30. The standard InChI is InChI=1S/C12H26N4O2S/c1-12(3-7-15(2)8-4-12)11-14-19(17,18)16-9-5-13-6-10-16/h13-14H,3-11H2,1-2H3. The summed E-state index contributed by atoms with van der Waals surface area (Å²) in [5, 5.41) is 3.17. The number of hydrogen-bond acceptors (Lipinski definition) is 4. The van der Waals surface area contributed by atoms with Gasteiger partial charge in [0.25, 0.3) is 10.2 Å². The molecular weight excluding hydrogens is 264 g/mol. The number of hydrogen-bond donors (Lipinski definition) is 2. The third kappa shape index (κ3) is 4.13. The molecule has 2 heterocycles. The van der Waals surface area contributed by atoms with E-state index in [2.05, 4.69) is 28.9 Å². The van der Waals surface area contributed by atoms with Crippen LogP contribution in [0.3, 0.4) is 0 Å². The quantitative estimate of drug-likeness (QED) is 0.730. The average molecular weight is 290 g/mol. The van der Waals surface area contributed by atoms with Gasteiger partial charge in [-0.2, -0.15) is 12.7 Å². The van der Waals surface area contributed by atoms with Crippen LogP contribution in [0.25, 0.3) is 0 Å². The van der Waals surface area contributed by atoms with Crippen LogP contribution in [0.1, 0.15) is 19.8 Å². The van der Waals surface area contributed by atoms with Gasteiger partial charge in [-0.05, 0) is 38.4 Å². The molecule has 112 valence electrons. The van der Waals surface area contributed by atoms with Crippen molar-refractivity contribution in [3.8, 4) is 0 Å². The van der Waals surface area contributed by atoms with Gasteiger partial charge in [0.05, 0.1) is 0 Å². The fraction of sp³-hybridized carbons (Fsp3) is 1.00. The van der Waals surface area contributed by atoms with E-state index in [1.807, 2.05) is 0 Å². The van der Waals surface area contributed by atoms with E-state index in [1.165, 1.54) is 0 Å². The molecule has 2 fully saturated rings. The van der Waals surface area contributed by atoms with Crippen molar-refractivity contribution in [1.82, 2.24) is 19.2 Å². The summed E-state index contributed by atoms with van der Waals surface area (Å²) in [6.45, 7) is 7.43. The summed E-state index contributed by atoms with van der Waals surface area (Å²) in [6, 6.07) is 0. The van der Waals surface area contributed by atoms with Crippen molar-refractivity contribution >= 4 is 10.2 Å². The Bertz CT molecular complexity index is 385. The largest absolute Gasteiger partial charge is 0.314 e. The molecule has 0 aromatic rings. The van der Waals surface area contributed by atoms with Crippen LogP contribution in [0, 0.1) is 5.41 Å². The Morgan fingerprint density at radius 3 is 2.32 bits per heavy atom. The van der Waals surface area contributed by atoms with E-state index in [1.54, 1.807) is 4.31 Å². The molecule has 0 saturated carbocycles. The number of rotatable bonds is 4. The summed E-state index contributed by atoms with van der Waals surface area (Å²) in [5.41, 5.74) is 0.0909. The van der Waals surface area contributed by atoms with Gasteiger partial charge in [0.15, 0.2) is 0 Å². The maximum absolute atomic E-state index is 12.2. The van der Waals surface area contributed by atoms with E-state index in [-0.39, 0.29) is 5.41 Å². The molecule has 0 radical (unpaired) electrons. The Morgan fingerprint density at radius 2 is 1.74 bits per heavy atom. The van der Waals surface area contributed by atoms with Gasteiger partial charge in [-0.1, -0.05) is 6.92 Å². The summed E-state index contributed by atoms with van der Waals surface area (Å²) in [6.07, 6.45) is 2.10. The molecule has 7 heteroatoms. The van der Waals surface area contributed by atoms with E-state index in [9.17, 15) is 8.42 Å². The van der Waals surface area contributed by atoms with Crippen LogP contribution in [0.5, 0.6) is 0 Å². The van der Waals surface area contributed by atoms with Gasteiger partial charge >= 0.3 is 0 Å². The Labute approximate surface area is 116 Å². The van der Waals surface area contributed by atoms with Gasteiger partial charge < -0.3 is 10.2 Å². The van der Waals surface area contributed by atoms with Gasteiger partial charge in [-0.15, -0.1) is 0 Å². The summed E-state index contributed by atoms with van der Waals surface area (Å²) in [7, 11) is -1.19. The molecule has 2 N–H and O–H groups in total. The van der Waals surface area contributed by atoms with Crippen LogP contribution in [0.15, 0.2) is 0 Å². The molecule has 0 aromatic heterocycles. The van der Waals surface area contributed by atoms with Crippen LogP contribution in [0.2, 0.25) is 0 Å². The highest BCUT2D eigenvalue weighted by Crippen LogP contribution is 2.29. The number of piperazine rings is 1. The Morgan fingerprint density at radius 1 is 1.16 bits per heavy atom. The number of piperidine rings is 1. The molecule has 6 nitrogen and oxygen atoms in total. The highest BCUT2D eigenvalue weighted by molar-refractivity contribution is 7.87. The monoisotopic (exact) mass is 290 g/mol. The van der Waals surface area contributed by atoms with Crippen molar-refractivity contribution in [3.63, 3.8) is 0 Å². The molecule has 0 spiro atoms. The lowest BCUT2D eigenvalue weighted by Gasteiger charge is -2.38. The minimum absolute atomic E-state index is 0.0909. The van der Waals surface area contributed by atoms with Gasteiger partial charge in [0.2, 0.25) is 0 Å². The molecule has 2 saturated heterocycles. The SMILES string of the molecule is CN1CCC(C)(CNS(=O)(=O)N2CCNCC2)CC1. The van der Waals surface area contributed by atoms with E-state index in [0.29, 0.717) is 19.6 Å². The van der Waals surface area contributed by atoms with Crippen molar-refractivity contribution in [2.24, 2.45) is 5.41 Å². The third-order valence-corrected chi connectivity index (χ3v) is 5.85. The smallest absolute Gasteiger partial charge is 0.279 e. The van der Waals surface area contributed by atoms with Gasteiger partial charge in [-0.3, -0.25) is 0 Å². The minimum Gasteiger partial charge on any atom is -0.314 e. The van der Waals surface area contributed by atoms with E-state index < -0.39 is 10.2 Å². The predicted molar refractivity (Wildman–Crippen MR) is 76.2 cm³/mol. The second-order valence-electron chi connectivity index (χ2n) is 6.09. The molecule has 0 unspecified atom stereocenters. The molecule has 0 atom stereocenters. The zero-order valence-corrected chi connectivity index (χ0v) is 12.8. The zero-order valence-electron chi connectivity index (χ0n) is 12.0. The fourth-order valence-corrected chi connectivity index (χ4v) is 3.95. The second-order valence-corrected chi connectivity index (χ2v) is 7.84. The van der Waals surface area contributed by atoms with Gasteiger partial charge in [0.1, 0.15) is 0 Å². The normalized spacial score (nSPS) is 26.4. The second kappa shape index (κ2) is 6.05. The topological polar surface area (TPSA) is 64.7 Å². The maximum atomic E-state index is 12.2. The first-order valence-electron chi connectivity index (χ1n) is 7.05. The van der Waals surface area contributed by atoms with Crippen LogP contribution in [-0.4, -0.2) is 70.5 Å². The molecule has 2 rings (SSSR count). The van der Waals surface area contributed by atoms with Gasteiger partial charge in [-0.25, -0.2) is 4.72 Å². The number of nitrogens with zero attached hydrogens (tertiary/aromatic N) is 2. The van der Waals surface area contributed by atoms with Crippen LogP contribution >= 0.6 is 0 Å². The van der Waals surface area contributed by atoms with Crippen molar-refractivity contribution < 1.29 is 8.42 Å². The van der Waals surface area contributed by atoms with E-state index in [4.69, 9.17) is 0 Å². The molecule has 0 amide bonds. The Balaban J connectivity index is 1.86. The summed E-state index contributed by atoms with van der Waals surface area (Å²) < 4.78 is 28.8. The molecular formula is C12H26N4O2S. The predicted octanol–water partition coefficient (Wildman–Crippen LogP) is -0.542. The van der Waals surface area contributed by atoms with Crippen LogP contribution in [-0.2, 0) is 10.2 Å². The lowest BCUT2D eigenvalue weighted by Crippen LogP contribution is -2.52. The first kappa shape index (κ1) is 15.2. The molecule has 2 aliphatic rings. The number of likely N-dealkylation sites (tertiary alicyclic amines) is 1. The Hall–Kier alpha value is -0.210. The van der Waals surface area contributed by atoms with E-state index in [0.717, 1.165) is 39.0 Å². The van der Waals surface area contributed by atoms with Gasteiger partial charge in [0, 0.05) is 32.7 Å². The zero-order chi connectivity index (χ0) is 13.9.